The molecule has 9 N–H and O–H groups in total. The van der Waals surface area contributed by atoms with Crippen molar-refractivity contribution in [3.05, 3.63) is 0 Å². The zero-order chi connectivity index (χ0) is 26.3. The first-order chi connectivity index (χ1) is 15.9. The average Bonchev–Trinajstić information content (AvgIpc) is 2.76. The molecule has 4 unspecified atom stereocenters. The minimum atomic E-state index is -1.30. The number of nitrogens with two attached hydrogens (primary N) is 2. The summed E-state index contributed by atoms with van der Waals surface area (Å²) >= 11 is 1.41. The normalized spacial score (nSPS) is 14.5. The summed E-state index contributed by atoms with van der Waals surface area (Å²) in [5.74, 6) is -4.33. The van der Waals surface area contributed by atoms with Crippen molar-refractivity contribution in [2.24, 2.45) is 17.4 Å². The Bertz CT molecular complexity index is 692. The van der Waals surface area contributed by atoms with E-state index in [1.54, 1.807) is 20.1 Å². The number of thioether (sulfide) groups is 1. The molecule has 0 aromatic carbocycles. The first-order valence-corrected chi connectivity index (χ1v) is 12.6. The van der Waals surface area contributed by atoms with E-state index >= 15 is 0 Å². The third kappa shape index (κ3) is 12.8. The summed E-state index contributed by atoms with van der Waals surface area (Å²) in [6.07, 6.45) is 3.04. The molecule has 0 aliphatic carbocycles. The monoisotopic (exact) mass is 505 g/mol. The van der Waals surface area contributed by atoms with Gasteiger partial charge < -0.3 is 37.6 Å². The van der Waals surface area contributed by atoms with E-state index in [-0.39, 0.29) is 18.8 Å². The SMILES string of the molecule is CSCCC(NC(=O)C(CCC(=O)O)NC(=O)C(NC(=O)C(N)CCCCN)C(C)C)C(=O)O. The lowest BCUT2D eigenvalue weighted by molar-refractivity contribution is -0.143. The highest BCUT2D eigenvalue weighted by atomic mass is 32.2. The summed E-state index contributed by atoms with van der Waals surface area (Å²) in [6, 6.07) is -4.34. The Morgan fingerprint density at radius 2 is 1.47 bits per heavy atom. The minimum absolute atomic E-state index is 0.161. The molecule has 4 atom stereocenters. The third-order valence-corrected chi connectivity index (χ3v) is 5.70. The van der Waals surface area contributed by atoms with E-state index in [1.807, 2.05) is 0 Å². The molecule has 0 aromatic heterocycles. The summed E-state index contributed by atoms with van der Waals surface area (Å²) in [5.41, 5.74) is 11.3. The Kier molecular flexibility index (Phi) is 15.9. The van der Waals surface area contributed by atoms with Gasteiger partial charge in [0.05, 0.1) is 6.04 Å². The molecule has 0 saturated carbocycles. The second kappa shape index (κ2) is 17.1. The standard InChI is InChI=1S/C21H39N5O7S/c1-12(2)17(26-18(29)13(23)6-4-5-10-22)20(31)24-14(7-8-16(27)28)19(30)25-15(21(32)33)9-11-34-3/h12-15,17H,4-11,22-23H2,1-3H3,(H,24,31)(H,25,30)(H,26,29)(H,27,28)(H,32,33). The van der Waals surface area contributed by atoms with Gasteiger partial charge in [0.25, 0.3) is 0 Å². The van der Waals surface area contributed by atoms with E-state index in [9.17, 15) is 29.1 Å². The van der Waals surface area contributed by atoms with E-state index in [4.69, 9.17) is 16.6 Å². The van der Waals surface area contributed by atoms with E-state index in [2.05, 4.69) is 16.0 Å². The maximum Gasteiger partial charge on any atom is 0.326 e. The van der Waals surface area contributed by atoms with Crippen LogP contribution in [0.15, 0.2) is 0 Å². The molecule has 0 aliphatic rings. The van der Waals surface area contributed by atoms with Crippen molar-refractivity contribution in [1.82, 2.24) is 16.0 Å². The van der Waals surface area contributed by atoms with Crippen molar-refractivity contribution in [3.8, 4) is 0 Å². The van der Waals surface area contributed by atoms with Crippen molar-refractivity contribution >= 4 is 41.4 Å². The quantitative estimate of drug-likeness (QED) is 0.116. The molecule has 0 aliphatic heterocycles. The van der Waals surface area contributed by atoms with E-state index in [0.29, 0.717) is 31.6 Å². The van der Waals surface area contributed by atoms with E-state index < -0.39 is 60.2 Å². The summed E-state index contributed by atoms with van der Waals surface area (Å²) in [4.78, 5) is 60.6. The fourth-order valence-electron chi connectivity index (χ4n) is 3.00. The zero-order valence-corrected chi connectivity index (χ0v) is 20.9. The molecule has 0 aromatic rings. The second-order valence-corrected chi connectivity index (χ2v) is 9.28. The van der Waals surface area contributed by atoms with Crippen LogP contribution >= 0.6 is 11.8 Å². The van der Waals surface area contributed by atoms with Crippen LogP contribution in [0.5, 0.6) is 0 Å². The number of nitrogens with one attached hydrogen (secondary N) is 3. The molecule has 0 heterocycles. The maximum absolute atomic E-state index is 12.9. The molecular weight excluding hydrogens is 466 g/mol. The van der Waals surface area contributed by atoms with Gasteiger partial charge in [0.15, 0.2) is 0 Å². The topological polar surface area (TPSA) is 214 Å². The Balaban J connectivity index is 5.38. The number of carboxylic acids is 2. The van der Waals surface area contributed by atoms with Crippen LogP contribution in [-0.4, -0.2) is 82.6 Å². The Morgan fingerprint density at radius 1 is 0.853 bits per heavy atom. The lowest BCUT2D eigenvalue weighted by Gasteiger charge is -2.27. The summed E-state index contributed by atoms with van der Waals surface area (Å²) in [7, 11) is 0. The van der Waals surface area contributed by atoms with Crippen LogP contribution in [0.1, 0.15) is 52.4 Å². The number of unbranched alkanes of at least 4 members (excludes halogenated alkanes) is 1. The van der Waals surface area contributed by atoms with Crippen molar-refractivity contribution in [2.45, 2.75) is 76.5 Å². The fourth-order valence-corrected chi connectivity index (χ4v) is 3.47. The highest BCUT2D eigenvalue weighted by molar-refractivity contribution is 7.98. The van der Waals surface area contributed by atoms with Gasteiger partial charge in [-0.1, -0.05) is 20.3 Å². The van der Waals surface area contributed by atoms with Gasteiger partial charge in [0, 0.05) is 6.42 Å². The average molecular weight is 506 g/mol. The molecular formula is C21H39N5O7S. The van der Waals surface area contributed by atoms with Gasteiger partial charge in [-0.2, -0.15) is 11.8 Å². The van der Waals surface area contributed by atoms with Crippen LogP contribution in [0.2, 0.25) is 0 Å². The van der Waals surface area contributed by atoms with Gasteiger partial charge in [-0.15, -0.1) is 0 Å². The van der Waals surface area contributed by atoms with Crippen LogP contribution in [0, 0.1) is 5.92 Å². The van der Waals surface area contributed by atoms with Gasteiger partial charge >= 0.3 is 11.9 Å². The first-order valence-electron chi connectivity index (χ1n) is 11.2. The number of hydrogen-bond donors (Lipinski definition) is 7. The zero-order valence-electron chi connectivity index (χ0n) is 20.0. The van der Waals surface area contributed by atoms with Crippen LogP contribution in [0.4, 0.5) is 0 Å². The Hall–Kier alpha value is -2.38. The Morgan fingerprint density at radius 3 is 1.97 bits per heavy atom. The highest BCUT2D eigenvalue weighted by Crippen LogP contribution is 2.08. The largest absolute Gasteiger partial charge is 0.481 e. The fraction of sp³-hybridized carbons (Fsp3) is 0.762. The number of aliphatic carboxylic acids is 2. The van der Waals surface area contributed by atoms with E-state index in [0.717, 1.165) is 0 Å². The van der Waals surface area contributed by atoms with Gasteiger partial charge in [0.1, 0.15) is 18.1 Å². The lowest BCUT2D eigenvalue weighted by Crippen LogP contribution is -2.58. The van der Waals surface area contributed by atoms with Gasteiger partial charge in [-0.25, -0.2) is 4.79 Å². The van der Waals surface area contributed by atoms with E-state index in [1.165, 1.54) is 11.8 Å². The summed E-state index contributed by atoms with van der Waals surface area (Å²) < 4.78 is 0. The Labute approximate surface area is 204 Å². The molecule has 34 heavy (non-hydrogen) atoms. The molecule has 0 spiro atoms. The molecule has 3 amide bonds. The van der Waals surface area contributed by atoms with Crippen molar-refractivity contribution in [3.63, 3.8) is 0 Å². The lowest BCUT2D eigenvalue weighted by atomic mass is 10.0. The molecule has 0 saturated heterocycles. The number of carboxylic acid groups (broad SMARTS) is 2. The molecule has 0 rings (SSSR count). The van der Waals surface area contributed by atoms with Crippen molar-refractivity contribution in [1.29, 1.82) is 0 Å². The number of carbonyl (C=O) groups excluding carboxylic acids is 3. The number of rotatable bonds is 18. The first kappa shape index (κ1) is 31.6. The molecule has 12 nitrogen and oxygen atoms in total. The van der Waals surface area contributed by atoms with Crippen LogP contribution in [-0.2, 0) is 24.0 Å². The number of amides is 3. The summed E-state index contributed by atoms with van der Waals surface area (Å²) in [6.45, 7) is 3.87. The predicted molar refractivity (Wildman–Crippen MR) is 129 cm³/mol. The van der Waals surface area contributed by atoms with Gasteiger partial charge in [-0.3, -0.25) is 19.2 Å². The van der Waals surface area contributed by atoms with Gasteiger partial charge in [0.2, 0.25) is 17.7 Å². The van der Waals surface area contributed by atoms with Crippen LogP contribution < -0.4 is 27.4 Å². The second-order valence-electron chi connectivity index (χ2n) is 8.30. The van der Waals surface area contributed by atoms with Crippen molar-refractivity contribution in [2.75, 3.05) is 18.6 Å². The molecule has 196 valence electrons. The molecule has 0 radical (unpaired) electrons. The predicted octanol–water partition coefficient (Wildman–Crippen LogP) is -0.744. The number of carbonyl (C=O) groups is 5. The number of hydrogen-bond acceptors (Lipinski definition) is 8. The summed E-state index contributed by atoms with van der Waals surface area (Å²) in [5, 5.41) is 25.8. The third-order valence-electron chi connectivity index (χ3n) is 5.06. The molecule has 0 bridgehead atoms. The maximum atomic E-state index is 12.9. The molecule has 13 heteroatoms. The van der Waals surface area contributed by atoms with Crippen molar-refractivity contribution < 1.29 is 34.2 Å². The smallest absolute Gasteiger partial charge is 0.326 e. The van der Waals surface area contributed by atoms with Gasteiger partial charge in [-0.05, 0) is 50.2 Å². The molecule has 0 fully saturated rings. The highest BCUT2D eigenvalue weighted by Gasteiger charge is 2.31. The minimum Gasteiger partial charge on any atom is -0.481 e. The van der Waals surface area contributed by atoms with Crippen LogP contribution in [0.25, 0.3) is 0 Å². The van der Waals surface area contributed by atoms with Crippen LogP contribution in [0.3, 0.4) is 0 Å².